The summed E-state index contributed by atoms with van der Waals surface area (Å²) in [5.74, 6) is -0.452. The molecule has 3 rings (SSSR count). The minimum atomic E-state index is -0.520. The number of hydrogen-bond acceptors (Lipinski definition) is 6. The van der Waals surface area contributed by atoms with E-state index in [4.69, 9.17) is 16.3 Å². The van der Waals surface area contributed by atoms with Gasteiger partial charge >= 0.3 is 5.97 Å². The van der Waals surface area contributed by atoms with Gasteiger partial charge in [0.1, 0.15) is 6.33 Å². The zero-order chi connectivity index (χ0) is 20.3. The fourth-order valence-electron chi connectivity index (χ4n) is 2.94. The van der Waals surface area contributed by atoms with Gasteiger partial charge in [0.05, 0.1) is 12.5 Å². The molecule has 0 radical (unpaired) electrons. The number of amides is 1. The molecule has 0 aliphatic carbocycles. The van der Waals surface area contributed by atoms with Gasteiger partial charge in [-0.05, 0) is 32.4 Å². The first-order valence-electron chi connectivity index (χ1n) is 8.72. The molecule has 0 fully saturated rings. The van der Waals surface area contributed by atoms with Gasteiger partial charge in [0, 0.05) is 22.0 Å². The highest BCUT2D eigenvalue weighted by molar-refractivity contribution is 6.31. The van der Waals surface area contributed by atoms with Crippen LogP contribution < -0.4 is 5.32 Å². The van der Waals surface area contributed by atoms with Crippen LogP contribution in [-0.2, 0) is 20.7 Å². The van der Waals surface area contributed by atoms with E-state index in [1.165, 1.54) is 6.33 Å². The molecule has 1 atom stereocenters. The standard InChI is InChI=1S/C19H20ClN5O3/c1-11(14-6-4-5-7-16(14)20)23-17(26)9-28-18(27)8-15-12(2)24-19-21-10-22-25(19)13(15)3/h4-7,10-11H,8-9H2,1-3H3,(H,23,26)/t11-/m1/s1. The van der Waals surface area contributed by atoms with E-state index in [9.17, 15) is 9.59 Å². The lowest BCUT2D eigenvalue weighted by atomic mass is 10.1. The SMILES string of the molecule is Cc1nc2ncnn2c(C)c1CC(=O)OCC(=O)N[C@H](C)c1ccccc1Cl. The van der Waals surface area contributed by atoms with Crippen LogP contribution in [0.3, 0.4) is 0 Å². The van der Waals surface area contributed by atoms with E-state index in [1.807, 2.05) is 32.0 Å². The van der Waals surface area contributed by atoms with Gasteiger partial charge in [0.2, 0.25) is 0 Å². The predicted molar refractivity (Wildman–Crippen MR) is 103 cm³/mol. The lowest BCUT2D eigenvalue weighted by Crippen LogP contribution is -2.31. The van der Waals surface area contributed by atoms with E-state index in [-0.39, 0.29) is 19.1 Å². The normalized spacial score (nSPS) is 12.0. The van der Waals surface area contributed by atoms with Crippen molar-refractivity contribution in [2.24, 2.45) is 0 Å². The molecule has 8 nitrogen and oxygen atoms in total. The summed E-state index contributed by atoms with van der Waals surface area (Å²) in [5.41, 5.74) is 2.93. The van der Waals surface area contributed by atoms with Crippen LogP contribution in [0.4, 0.5) is 0 Å². The van der Waals surface area contributed by atoms with Gasteiger partial charge in [0.25, 0.3) is 11.7 Å². The summed E-state index contributed by atoms with van der Waals surface area (Å²) >= 11 is 6.13. The lowest BCUT2D eigenvalue weighted by Gasteiger charge is -2.16. The summed E-state index contributed by atoms with van der Waals surface area (Å²) < 4.78 is 6.68. The minimum absolute atomic E-state index is 0.00614. The molecule has 3 aromatic rings. The average molecular weight is 402 g/mol. The number of rotatable bonds is 6. The maximum Gasteiger partial charge on any atom is 0.310 e. The molecule has 1 N–H and O–H groups in total. The van der Waals surface area contributed by atoms with Gasteiger partial charge in [-0.25, -0.2) is 9.50 Å². The zero-order valence-corrected chi connectivity index (χ0v) is 16.5. The Bertz CT molecular complexity index is 1030. The molecule has 1 aromatic carbocycles. The minimum Gasteiger partial charge on any atom is -0.455 e. The van der Waals surface area contributed by atoms with Gasteiger partial charge in [-0.15, -0.1) is 0 Å². The molecule has 2 aromatic heterocycles. The Morgan fingerprint density at radius 1 is 1.29 bits per heavy atom. The molecule has 0 aliphatic heterocycles. The van der Waals surface area contributed by atoms with E-state index in [2.05, 4.69) is 20.4 Å². The quantitative estimate of drug-likeness (QED) is 0.636. The summed E-state index contributed by atoms with van der Waals surface area (Å²) in [7, 11) is 0. The second-order valence-corrected chi connectivity index (χ2v) is 6.79. The number of aromatic nitrogens is 4. The number of carbonyl (C=O) groups excluding carboxylic acids is 2. The fraction of sp³-hybridized carbons (Fsp3) is 0.316. The monoisotopic (exact) mass is 401 g/mol. The molecule has 0 aliphatic rings. The van der Waals surface area contributed by atoms with Gasteiger partial charge < -0.3 is 10.1 Å². The van der Waals surface area contributed by atoms with Gasteiger partial charge in [-0.3, -0.25) is 9.59 Å². The number of fused-ring (bicyclic) bond motifs is 1. The summed E-state index contributed by atoms with van der Waals surface area (Å²) in [6.45, 7) is 5.07. The Morgan fingerprint density at radius 2 is 2.04 bits per heavy atom. The molecule has 0 saturated carbocycles. The number of benzene rings is 1. The van der Waals surface area contributed by atoms with Gasteiger partial charge in [0.15, 0.2) is 6.61 Å². The molecule has 1 amide bonds. The van der Waals surface area contributed by atoms with Crippen LogP contribution in [0.2, 0.25) is 5.02 Å². The Morgan fingerprint density at radius 3 is 2.79 bits per heavy atom. The summed E-state index contributed by atoms with van der Waals surface area (Å²) in [6.07, 6.45) is 1.40. The smallest absolute Gasteiger partial charge is 0.310 e. The third kappa shape index (κ3) is 4.28. The van der Waals surface area contributed by atoms with Crippen molar-refractivity contribution < 1.29 is 14.3 Å². The van der Waals surface area contributed by atoms with E-state index in [1.54, 1.807) is 17.5 Å². The molecule has 0 spiro atoms. The first kappa shape index (κ1) is 19.8. The number of halogens is 1. The van der Waals surface area contributed by atoms with Crippen molar-refractivity contribution >= 4 is 29.3 Å². The largest absolute Gasteiger partial charge is 0.455 e. The van der Waals surface area contributed by atoms with Crippen LogP contribution in [0.25, 0.3) is 5.78 Å². The molecule has 0 bridgehead atoms. The van der Waals surface area contributed by atoms with Crippen molar-refractivity contribution in [3.63, 3.8) is 0 Å². The van der Waals surface area contributed by atoms with Crippen LogP contribution >= 0.6 is 11.6 Å². The number of hydrogen-bond donors (Lipinski definition) is 1. The van der Waals surface area contributed by atoms with Crippen molar-refractivity contribution in [2.75, 3.05) is 6.61 Å². The molecule has 2 heterocycles. The molecule has 146 valence electrons. The molecule has 0 unspecified atom stereocenters. The second-order valence-electron chi connectivity index (χ2n) is 6.38. The maximum atomic E-state index is 12.2. The lowest BCUT2D eigenvalue weighted by molar-refractivity contribution is -0.148. The number of nitrogens with one attached hydrogen (secondary N) is 1. The number of esters is 1. The van der Waals surface area contributed by atoms with Crippen molar-refractivity contribution in [1.82, 2.24) is 24.9 Å². The van der Waals surface area contributed by atoms with Gasteiger partial charge in [-0.2, -0.15) is 10.1 Å². The van der Waals surface area contributed by atoms with Gasteiger partial charge in [-0.1, -0.05) is 29.8 Å². The van der Waals surface area contributed by atoms with E-state index < -0.39 is 11.9 Å². The molecular weight excluding hydrogens is 382 g/mol. The Kier molecular flexibility index (Phi) is 5.89. The molecule has 28 heavy (non-hydrogen) atoms. The first-order valence-corrected chi connectivity index (χ1v) is 9.10. The predicted octanol–water partition coefficient (Wildman–Crippen LogP) is 2.36. The van der Waals surface area contributed by atoms with Crippen molar-refractivity contribution in [3.05, 3.63) is 58.1 Å². The van der Waals surface area contributed by atoms with Crippen molar-refractivity contribution in [3.8, 4) is 0 Å². The Labute approximate surface area is 166 Å². The third-order valence-corrected chi connectivity index (χ3v) is 4.77. The number of aryl methyl sites for hydroxylation is 2. The summed E-state index contributed by atoms with van der Waals surface area (Å²) in [6, 6.07) is 6.94. The molecule has 0 saturated heterocycles. The Hall–Kier alpha value is -3.00. The molecular formula is C19H20ClN5O3. The highest BCUT2D eigenvalue weighted by atomic mass is 35.5. The van der Waals surface area contributed by atoms with Crippen molar-refractivity contribution in [2.45, 2.75) is 33.2 Å². The topological polar surface area (TPSA) is 98.5 Å². The van der Waals surface area contributed by atoms with Crippen LogP contribution in [-0.4, -0.2) is 38.1 Å². The number of ether oxygens (including phenoxy) is 1. The van der Waals surface area contributed by atoms with E-state index in [0.717, 1.165) is 11.3 Å². The van der Waals surface area contributed by atoms with Crippen LogP contribution in [0.1, 0.15) is 35.5 Å². The van der Waals surface area contributed by atoms with E-state index in [0.29, 0.717) is 22.1 Å². The molecule has 9 heteroatoms. The Balaban J connectivity index is 1.57. The van der Waals surface area contributed by atoms with Crippen molar-refractivity contribution in [1.29, 1.82) is 0 Å². The summed E-state index contributed by atoms with van der Waals surface area (Å²) in [4.78, 5) is 32.7. The first-order chi connectivity index (χ1) is 13.4. The number of nitrogens with zero attached hydrogens (tertiary/aromatic N) is 4. The second kappa shape index (κ2) is 8.35. The highest BCUT2D eigenvalue weighted by Gasteiger charge is 2.17. The van der Waals surface area contributed by atoms with Crippen LogP contribution in [0.15, 0.2) is 30.6 Å². The van der Waals surface area contributed by atoms with E-state index >= 15 is 0 Å². The third-order valence-electron chi connectivity index (χ3n) is 4.42. The fourth-order valence-corrected chi connectivity index (χ4v) is 3.24. The summed E-state index contributed by atoms with van der Waals surface area (Å²) in [5, 5.41) is 7.41. The zero-order valence-electron chi connectivity index (χ0n) is 15.8. The average Bonchev–Trinajstić information content (AvgIpc) is 3.12. The number of carbonyl (C=O) groups is 2. The highest BCUT2D eigenvalue weighted by Crippen LogP contribution is 2.22. The maximum absolute atomic E-state index is 12.2. The van der Waals surface area contributed by atoms with Crippen LogP contribution in [0, 0.1) is 13.8 Å². The van der Waals surface area contributed by atoms with Crippen LogP contribution in [0.5, 0.6) is 0 Å².